The number of nitrogens with one attached hydrogen (secondary N) is 1. The van der Waals surface area contributed by atoms with Gasteiger partial charge in [0.05, 0.1) is 0 Å². The highest BCUT2D eigenvalue weighted by Crippen LogP contribution is 2.27. The molecule has 2 aliphatic rings. The SMILES string of the molecule is CC(c1ccncc1)N1CC(N2CCNCC2)C1. The second kappa shape index (κ2) is 5.34. The number of pyridine rings is 1. The van der Waals surface area contributed by atoms with Gasteiger partial charge in [0.25, 0.3) is 0 Å². The van der Waals surface area contributed by atoms with Crippen LogP contribution in [0.5, 0.6) is 0 Å². The summed E-state index contributed by atoms with van der Waals surface area (Å²) < 4.78 is 0. The minimum Gasteiger partial charge on any atom is -0.314 e. The van der Waals surface area contributed by atoms with Crippen molar-refractivity contribution in [1.29, 1.82) is 0 Å². The average Bonchev–Trinajstić information content (AvgIpc) is 2.39. The van der Waals surface area contributed by atoms with Gasteiger partial charge in [-0.05, 0) is 24.6 Å². The predicted molar refractivity (Wildman–Crippen MR) is 72.5 cm³/mol. The van der Waals surface area contributed by atoms with E-state index >= 15 is 0 Å². The lowest BCUT2D eigenvalue weighted by molar-refractivity contribution is 0.00346. The summed E-state index contributed by atoms with van der Waals surface area (Å²) in [5.41, 5.74) is 1.38. The van der Waals surface area contributed by atoms with Crippen LogP contribution in [0.3, 0.4) is 0 Å². The fraction of sp³-hybridized carbons (Fsp3) is 0.643. The van der Waals surface area contributed by atoms with Crippen molar-refractivity contribution in [3.05, 3.63) is 30.1 Å². The number of rotatable bonds is 3. The van der Waals surface area contributed by atoms with Crippen LogP contribution in [0.25, 0.3) is 0 Å². The zero-order valence-corrected chi connectivity index (χ0v) is 11.0. The summed E-state index contributed by atoms with van der Waals surface area (Å²) in [7, 11) is 0. The van der Waals surface area contributed by atoms with Gasteiger partial charge < -0.3 is 5.32 Å². The number of aromatic nitrogens is 1. The number of hydrogen-bond acceptors (Lipinski definition) is 4. The van der Waals surface area contributed by atoms with Crippen LogP contribution in [0.4, 0.5) is 0 Å². The van der Waals surface area contributed by atoms with Gasteiger partial charge in [-0.3, -0.25) is 14.8 Å². The molecule has 1 aromatic heterocycles. The quantitative estimate of drug-likeness (QED) is 0.852. The van der Waals surface area contributed by atoms with Crippen molar-refractivity contribution >= 4 is 0 Å². The molecule has 4 heteroatoms. The van der Waals surface area contributed by atoms with Gasteiger partial charge in [-0.2, -0.15) is 0 Å². The van der Waals surface area contributed by atoms with Crippen molar-refractivity contribution in [2.75, 3.05) is 39.3 Å². The molecule has 0 saturated carbocycles. The Morgan fingerprint density at radius 3 is 2.56 bits per heavy atom. The highest BCUT2D eigenvalue weighted by Gasteiger charge is 2.34. The maximum absolute atomic E-state index is 4.09. The van der Waals surface area contributed by atoms with Crippen LogP contribution in [0.2, 0.25) is 0 Å². The molecule has 0 spiro atoms. The second-order valence-electron chi connectivity index (χ2n) is 5.35. The maximum atomic E-state index is 4.09. The van der Waals surface area contributed by atoms with Crippen LogP contribution in [0.15, 0.2) is 24.5 Å². The molecule has 0 aliphatic carbocycles. The van der Waals surface area contributed by atoms with Gasteiger partial charge in [-0.15, -0.1) is 0 Å². The van der Waals surface area contributed by atoms with Gasteiger partial charge >= 0.3 is 0 Å². The molecule has 2 saturated heterocycles. The Morgan fingerprint density at radius 1 is 1.22 bits per heavy atom. The Balaban J connectivity index is 1.52. The predicted octanol–water partition coefficient (Wildman–Crippen LogP) is 0.732. The number of hydrogen-bond donors (Lipinski definition) is 1. The fourth-order valence-corrected chi connectivity index (χ4v) is 2.94. The molecule has 3 rings (SSSR count). The van der Waals surface area contributed by atoms with E-state index in [9.17, 15) is 0 Å². The minimum atomic E-state index is 0.521. The molecule has 0 radical (unpaired) electrons. The Kier molecular flexibility index (Phi) is 3.59. The molecule has 3 heterocycles. The molecule has 4 nitrogen and oxygen atoms in total. The van der Waals surface area contributed by atoms with Crippen molar-refractivity contribution in [2.24, 2.45) is 0 Å². The largest absolute Gasteiger partial charge is 0.314 e. The van der Waals surface area contributed by atoms with Gasteiger partial charge in [0.2, 0.25) is 0 Å². The fourth-order valence-electron chi connectivity index (χ4n) is 2.94. The highest BCUT2D eigenvalue weighted by atomic mass is 15.3. The van der Waals surface area contributed by atoms with Gasteiger partial charge in [-0.1, -0.05) is 0 Å². The van der Waals surface area contributed by atoms with Crippen LogP contribution in [-0.4, -0.2) is 60.1 Å². The van der Waals surface area contributed by atoms with E-state index in [2.05, 4.69) is 39.2 Å². The lowest BCUT2D eigenvalue weighted by atomic mass is 10.00. The molecule has 1 aromatic rings. The number of nitrogens with zero attached hydrogens (tertiary/aromatic N) is 3. The van der Waals surface area contributed by atoms with Crippen LogP contribution in [0.1, 0.15) is 18.5 Å². The Labute approximate surface area is 109 Å². The maximum Gasteiger partial charge on any atom is 0.0351 e. The third-order valence-electron chi connectivity index (χ3n) is 4.29. The van der Waals surface area contributed by atoms with Gasteiger partial charge in [0.15, 0.2) is 0 Å². The molecule has 1 N–H and O–H groups in total. The summed E-state index contributed by atoms with van der Waals surface area (Å²) in [6.45, 7) is 9.44. The summed E-state index contributed by atoms with van der Waals surface area (Å²) in [6.07, 6.45) is 3.78. The van der Waals surface area contributed by atoms with Gasteiger partial charge in [0, 0.05) is 63.7 Å². The van der Waals surface area contributed by atoms with Crippen molar-refractivity contribution in [1.82, 2.24) is 20.1 Å². The average molecular weight is 246 g/mol. The second-order valence-corrected chi connectivity index (χ2v) is 5.35. The zero-order chi connectivity index (χ0) is 12.4. The smallest absolute Gasteiger partial charge is 0.0351 e. The Bertz CT molecular complexity index is 369. The van der Waals surface area contributed by atoms with Crippen molar-refractivity contribution in [3.63, 3.8) is 0 Å². The highest BCUT2D eigenvalue weighted by molar-refractivity contribution is 5.15. The monoisotopic (exact) mass is 246 g/mol. The lowest BCUT2D eigenvalue weighted by Gasteiger charge is -2.49. The molecule has 0 aromatic carbocycles. The first-order valence-corrected chi connectivity index (χ1v) is 6.93. The summed E-state index contributed by atoms with van der Waals surface area (Å²) in [5.74, 6) is 0. The third kappa shape index (κ3) is 2.41. The van der Waals surface area contributed by atoms with Crippen molar-refractivity contribution in [3.8, 4) is 0 Å². The molecule has 18 heavy (non-hydrogen) atoms. The van der Waals surface area contributed by atoms with E-state index in [0.717, 1.165) is 19.1 Å². The summed E-state index contributed by atoms with van der Waals surface area (Å²) in [4.78, 5) is 9.27. The topological polar surface area (TPSA) is 31.4 Å². The molecular weight excluding hydrogens is 224 g/mol. The van der Waals surface area contributed by atoms with E-state index in [1.165, 1.54) is 31.7 Å². The zero-order valence-electron chi connectivity index (χ0n) is 11.0. The molecule has 0 amide bonds. The first-order valence-electron chi connectivity index (χ1n) is 6.93. The van der Waals surface area contributed by atoms with E-state index < -0.39 is 0 Å². The number of likely N-dealkylation sites (tertiary alicyclic amines) is 1. The van der Waals surface area contributed by atoms with Gasteiger partial charge in [-0.25, -0.2) is 0 Å². The summed E-state index contributed by atoms with van der Waals surface area (Å²) in [5, 5.41) is 3.42. The van der Waals surface area contributed by atoms with E-state index in [1.807, 2.05) is 12.4 Å². The van der Waals surface area contributed by atoms with E-state index in [-0.39, 0.29) is 0 Å². The molecule has 1 atom stereocenters. The van der Waals surface area contributed by atoms with Crippen LogP contribution in [0, 0.1) is 0 Å². The van der Waals surface area contributed by atoms with E-state index in [4.69, 9.17) is 0 Å². The van der Waals surface area contributed by atoms with Crippen LogP contribution >= 0.6 is 0 Å². The van der Waals surface area contributed by atoms with Crippen LogP contribution in [-0.2, 0) is 0 Å². The molecule has 2 fully saturated rings. The molecule has 98 valence electrons. The summed E-state index contributed by atoms with van der Waals surface area (Å²) in [6, 6.07) is 5.55. The normalized spacial score (nSPS) is 24.7. The molecule has 1 unspecified atom stereocenters. The standard InChI is InChI=1S/C14H22N4/c1-12(13-2-4-15-5-3-13)18-10-14(11-18)17-8-6-16-7-9-17/h2-5,12,14,16H,6-11H2,1H3. The Hall–Kier alpha value is -0.970. The van der Waals surface area contributed by atoms with Crippen LogP contribution < -0.4 is 5.32 Å². The minimum absolute atomic E-state index is 0.521. The summed E-state index contributed by atoms with van der Waals surface area (Å²) >= 11 is 0. The third-order valence-corrected chi connectivity index (χ3v) is 4.29. The number of piperazine rings is 1. The van der Waals surface area contributed by atoms with Gasteiger partial charge in [0.1, 0.15) is 0 Å². The van der Waals surface area contributed by atoms with Crippen molar-refractivity contribution in [2.45, 2.75) is 19.0 Å². The lowest BCUT2D eigenvalue weighted by Crippen LogP contribution is -2.62. The molecule has 2 aliphatic heterocycles. The van der Waals surface area contributed by atoms with E-state index in [1.54, 1.807) is 0 Å². The first kappa shape index (κ1) is 12.1. The molecular formula is C14H22N4. The molecule has 0 bridgehead atoms. The van der Waals surface area contributed by atoms with Crippen molar-refractivity contribution < 1.29 is 0 Å². The first-order chi connectivity index (χ1) is 8.84. The van der Waals surface area contributed by atoms with E-state index in [0.29, 0.717) is 6.04 Å². The Morgan fingerprint density at radius 2 is 1.89 bits per heavy atom.